The fourth-order valence-electron chi connectivity index (χ4n) is 3.41. The standard InChI is InChI=1S/C21H23F3N4O4/c1-31-16-6-5-14(11-17(16)32-2)28-12-13(10-18(28)29)20(30)27-9-8-26-19-15(21(22,23)24)4-3-7-25-19/h3-7,11,13H,8-10,12H2,1-2H3,(H,25,26)(H,27,30). The minimum atomic E-state index is -4.53. The van der Waals surface area contributed by atoms with Crippen LogP contribution >= 0.6 is 0 Å². The molecule has 1 atom stereocenters. The number of alkyl halides is 3. The van der Waals surface area contributed by atoms with Crippen molar-refractivity contribution in [2.75, 3.05) is 44.1 Å². The van der Waals surface area contributed by atoms with Crippen LogP contribution in [0.4, 0.5) is 24.7 Å². The molecule has 1 fully saturated rings. The number of rotatable bonds is 8. The van der Waals surface area contributed by atoms with Crippen molar-refractivity contribution in [3.63, 3.8) is 0 Å². The number of hydrogen-bond acceptors (Lipinski definition) is 6. The van der Waals surface area contributed by atoms with Crippen LogP contribution in [-0.2, 0) is 15.8 Å². The summed E-state index contributed by atoms with van der Waals surface area (Å²) >= 11 is 0. The first kappa shape index (κ1) is 23.2. The van der Waals surface area contributed by atoms with Gasteiger partial charge in [-0.2, -0.15) is 13.2 Å². The van der Waals surface area contributed by atoms with Crippen molar-refractivity contribution in [2.24, 2.45) is 5.92 Å². The van der Waals surface area contributed by atoms with Gasteiger partial charge in [0.1, 0.15) is 5.82 Å². The van der Waals surface area contributed by atoms with E-state index in [2.05, 4.69) is 15.6 Å². The third-order valence-corrected chi connectivity index (χ3v) is 5.00. The average molecular weight is 452 g/mol. The number of nitrogens with one attached hydrogen (secondary N) is 2. The van der Waals surface area contributed by atoms with Gasteiger partial charge >= 0.3 is 6.18 Å². The number of hydrogen-bond donors (Lipinski definition) is 2. The number of ether oxygens (including phenoxy) is 2. The van der Waals surface area contributed by atoms with Crippen LogP contribution in [0.5, 0.6) is 11.5 Å². The fraction of sp³-hybridized carbons (Fsp3) is 0.381. The van der Waals surface area contributed by atoms with E-state index in [1.165, 1.54) is 31.4 Å². The van der Waals surface area contributed by atoms with Gasteiger partial charge in [-0.3, -0.25) is 9.59 Å². The Kier molecular flexibility index (Phi) is 7.06. The maximum Gasteiger partial charge on any atom is 0.419 e. The van der Waals surface area contributed by atoms with Crippen LogP contribution in [0, 0.1) is 5.92 Å². The van der Waals surface area contributed by atoms with Crippen LogP contribution in [0.25, 0.3) is 0 Å². The smallest absolute Gasteiger partial charge is 0.419 e. The Morgan fingerprint density at radius 1 is 1.19 bits per heavy atom. The summed E-state index contributed by atoms with van der Waals surface area (Å²) in [5, 5.41) is 5.24. The minimum absolute atomic E-state index is 0.0338. The van der Waals surface area contributed by atoms with Crippen LogP contribution in [0.15, 0.2) is 36.5 Å². The molecule has 2 amide bonds. The van der Waals surface area contributed by atoms with E-state index in [9.17, 15) is 22.8 Å². The highest BCUT2D eigenvalue weighted by atomic mass is 19.4. The molecule has 0 saturated carbocycles. The lowest BCUT2D eigenvalue weighted by molar-refractivity contribution is -0.137. The van der Waals surface area contributed by atoms with E-state index in [4.69, 9.17) is 9.47 Å². The highest BCUT2D eigenvalue weighted by molar-refractivity contribution is 6.00. The average Bonchev–Trinajstić information content (AvgIpc) is 3.17. The number of carbonyl (C=O) groups is 2. The highest BCUT2D eigenvalue weighted by Gasteiger charge is 2.36. The highest BCUT2D eigenvalue weighted by Crippen LogP contribution is 2.34. The van der Waals surface area contributed by atoms with Gasteiger partial charge in [-0.15, -0.1) is 0 Å². The molecule has 1 unspecified atom stereocenters. The van der Waals surface area contributed by atoms with Crippen LogP contribution < -0.4 is 25.0 Å². The summed E-state index contributed by atoms with van der Waals surface area (Å²) in [7, 11) is 2.99. The molecule has 1 aliphatic rings. The third-order valence-electron chi connectivity index (χ3n) is 5.00. The summed E-state index contributed by atoms with van der Waals surface area (Å²) in [5.41, 5.74) is -0.294. The van der Waals surface area contributed by atoms with E-state index in [0.717, 1.165) is 6.07 Å². The molecule has 2 aromatic rings. The normalized spacial score (nSPS) is 16.1. The summed E-state index contributed by atoms with van der Waals surface area (Å²) in [6.07, 6.45) is -3.24. The van der Waals surface area contributed by atoms with Gasteiger partial charge in [0.2, 0.25) is 11.8 Å². The van der Waals surface area contributed by atoms with Gasteiger partial charge in [0, 0.05) is 44.0 Å². The Labute approximate surface area is 182 Å². The fourth-order valence-corrected chi connectivity index (χ4v) is 3.41. The van der Waals surface area contributed by atoms with E-state index in [1.807, 2.05) is 0 Å². The van der Waals surface area contributed by atoms with Gasteiger partial charge in [-0.1, -0.05) is 0 Å². The number of halogens is 3. The molecule has 11 heteroatoms. The summed E-state index contributed by atoms with van der Waals surface area (Å²) in [5.74, 6) is -0.448. The molecular weight excluding hydrogens is 429 g/mol. The van der Waals surface area contributed by atoms with Gasteiger partial charge in [0.25, 0.3) is 0 Å². The monoisotopic (exact) mass is 452 g/mol. The molecule has 1 aromatic carbocycles. The third kappa shape index (κ3) is 5.21. The molecule has 1 saturated heterocycles. The topological polar surface area (TPSA) is 92.8 Å². The lowest BCUT2D eigenvalue weighted by Gasteiger charge is -2.18. The zero-order valence-electron chi connectivity index (χ0n) is 17.5. The molecule has 0 spiro atoms. The Hall–Kier alpha value is -3.50. The molecule has 3 rings (SSSR count). The zero-order valence-corrected chi connectivity index (χ0v) is 17.5. The molecule has 172 valence electrons. The minimum Gasteiger partial charge on any atom is -0.493 e. The van der Waals surface area contributed by atoms with Crippen LogP contribution in [0.3, 0.4) is 0 Å². The zero-order chi connectivity index (χ0) is 23.3. The van der Waals surface area contributed by atoms with Gasteiger partial charge < -0.3 is 25.0 Å². The molecule has 0 radical (unpaired) electrons. The van der Waals surface area contributed by atoms with Crippen LogP contribution in [0.1, 0.15) is 12.0 Å². The second-order valence-electron chi connectivity index (χ2n) is 7.06. The van der Waals surface area contributed by atoms with Crippen LogP contribution in [0.2, 0.25) is 0 Å². The lowest BCUT2D eigenvalue weighted by Crippen LogP contribution is -2.35. The van der Waals surface area contributed by atoms with E-state index >= 15 is 0 Å². The van der Waals surface area contributed by atoms with E-state index in [0.29, 0.717) is 17.2 Å². The quantitative estimate of drug-likeness (QED) is 0.599. The first-order valence-corrected chi connectivity index (χ1v) is 9.80. The number of anilines is 2. The van der Waals surface area contributed by atoms with Crippen molar-refractivity contribution >= 4 is 23.3 Å². The van der Waals surface area contributed by atoms with E-state index in [-0.39, 0.29) is 43.7 Å². The predicted molar refractivity (Wildman–Crippen MR) is 111 cm³/mol. The van der Waals surface area contributed by atoms with Crippen molar-refractivity contribution in [3.8, 4) is 11.5 Å². The molecule has 8 nitrogen and oxygen atoms in total. The Balaban J connectivity index is 1.54. The first-order valence-electron chi connectivity index (χ1n) is 9.80. The number of benzene rings is 1. The molecule has 1 aromatic heterocycles. The SMILES string of the molecule is COc1ccc(N2CC(C(=O)NCCNc3ncccc3C(F)(F)F)CC2=O)cc1OC. The number of pyridine rings is 1. The number of carbonyl (C=O) groups excluding carboxylic acids is 2. The Bertz CT molecular complexity index is 984. The second-order valence-corrected chi connectivity index (χ2v) is 7.06. The summed E-state index contributed by atoms with van der Waals surface area (Å²) < 4.78 is 49.4. The van der Waals surface area contributed by atoms with Crippen molar-refractivity contribution in [3.05, 3.63) is 42.1 Å². The van der Waals surface area contributed by atoms with Gasteiger partial charge in [0.15, 0.2) is 11.5 Å². The molecule has 0 aliphatic carbocycles. The lowest BCUT2D eigenvalue weighted by atomic mass is 10.1. The van der Waals surface area contributed by atoms with Gasteiger partial charge in [0.05, 0.1) is 25.7 Å². The maximum atomic E-state index is 13.0. The number of aromatic nitrogens is 1. The number of amides is 2. The summed E-state index contributed by atoms with van der Waals surface area (Å²) in [6, 6.07) is 7.17. The van der Waals surface area contributed by atoms with Gasteiger partial charge in [-0.25, -0.2) is 4.98 Å². The molecule has 1 aliphatic heterocycles. The first-order chi connectivity index (χ1) is 15.2. The summed E-state index contributed by atoms with van der Waals surface area (Å²) in [6.45, 7) is 0.311. The molecule has 2 N–H and O–H groups in total. The van der Waals surface area contributed by atoms with Crippen LogP contribution in [-0.4, -0.2) is 50.7 Å². The maximum absolute atomic E-state index is 13.0. The van der Waals surface area contributed by atoms with E-state index < -0.39 is 17.7 Å². The molecule has 32 heavy (non-hydrogen) atoms. The van der Waals surface area contributed by atoms with E-state index in [1.54, 1.807) is 18.2 Å². The van der Waals surface area contributed by atoms with Crippen molar-refractivity contribution < 1.29 is 32.2 Å². The summed E-state index contributed by atoms with van der Waals surface area (Å²) in [4.78, 5) is 30.1. The van der Waals surface area contributed by atoms with Crippen molar-refractivity contribution in [1.29, 1.82) is 0 Å². The predicted octanol–water partition coefficient (Wildman–Crippen LogP) is 2.70. The number of nitrogens with zero attached hydrogens (tertiary/aromatic N) is 2. The largest absolute Gasteiger partial charge is 0.493 e. The Morgan fingerprint density at radius 3 is 2.62 bits per heavy atom. The molecule has 2 heterocycles. The van der Waals surface area contributed by atoms with Crippen molar-refractivity contribution in [1.82, 2.24) is 10.3 Å². The van der Waals surface area contributed by atoms with Crippen molar-refractivity contribution in [2.45, 2.75) is 12.6 Å². The van der Waals surface area contributed by atoms with Gasteiger partial charge in [-0.05, 0) is 24.3 Å². The molecule has 0 bridgehead atoms. The number of methoxy groups -OCH3 is 2. The second kappa shape index (κ2) is 9.75. The molecular formula is C21H23F3N4O4. The Morgan fingerprint density at radius 2 is 1.94 bits per heavy atom.